The molecule has 0 unspecified atom stereocenters. The van der Waals surface area contributed by atoms with Crippen LogP contribution in [0.2, 0.25) is 0 Å². The first-order chi connectivity index (χ1) is 10.9. The molecule has 1 aliphatic heterocycles. The number of carbonyl (C=O) groups is 1. The second-order valence-electron chi connectivity index (χ2n) is 6.88. The highest BCUT2D eigenvalue weighted by molar-refractivity contribution is 5.80. The van der Waals surface area contributed by atoms with Gasteiger partial charge in [-0.15, -0.1) is 0 Å². The van der Waals surface area contributed by atoms with Crippen LogP contribution in [-0.2, 0) is 22.5 Å². The average molecular weight is 323 g/mol. The van der Waals surface area contributed by atoms with Crippen LogP contribution in [0, 0.1) is 19.8 Å². The summed E-state index contributed by atoms with van der Waals surface area (Å²) in [7, 11) is 1.65. The van der Waals surface area contributed by atoms with Crippen molar-refractivity contribution in [3.8, 4) is 0 Å². The number of rotatable bonds is 6. The van der Waals surface area contributed by atoms with Crippen molar-refractivity contribution < 1.29 is 14.6 Å². The minimum Gasteiger partial charge on any atom is -0.394 e. The number of aliphatic hydroxyl groups excluding tert-OH is 1. The fourth-order valence-corrected chi connectivity index (χ4v) is 3.29. The number of aliphatic hydroxyl groups is 1. The third kappa shape index (κ3) is 3.93. The van der Waals surface area contributed by atoms with Crippen LogP contribution in [0.25, 0.3) is 0 Å². The minimum atomic E-state index is -0.140. The fourth-order valence-electron chi connectivity index (χ4n) is 3.29. The molecule has 1 N–H and O–H groups in total. The summed E-state index contributed by atoms with van der Waals surface area (Å²) in [6.45, 7) is 9.68. The van der Waals surface area contributed by atoms with Gasteiger partial charge in [0.05, 0.1) is 30.9 Å². The Labute approximate surface area is 138 Å². The van der Waals surface area contributed by atoms with E-state index in [1.807, 2.05) is 18.5 Å². The van der Waals surface area contributed by atoms with Crippen LogP contribution in [0.15, 0.2) is 0 Å². The van der Waals surface area contributed by atoms with Gasteiger partial charge in [-0.2, -0.15) is 5.10 Å². The molecule has 2 heterocycles. The number of ether oxygens (including phenoxy) is 1. The van der Waals surface area contributed by atoms with Gasteiger partial charge in [-0.3, -0.25) is 9.48 Å². The number of aryl methyl sites for hydroxylation is 1. The van der Waals surface area contributed by atoms with Crippen molar-refractivity contribution in [3.05, 3.63) is 17.0 Å². The molecule has 1 aliphatic rings. The van der Waals surface area contributed by atoms with Gasteiger partial charge >= 0.3 is 0 Å². The molecule has 0 saturated carbocycles. The zero-order valence-electron chi connectivity index (χ0n) is 14.9. The number of hydrogen-bond acceptors (Lipinski definition) is 4. The van der Waals surface area contributed by atoms with Crippen molar-refractivity contribution >= 4 is 5.91 Å². The van der Waals surface area contributed by atoms with E-state index in [4.69, 9.17) is 4.74 Å². The molecule has 2 rings (SSSR count). The van der Waals surface area contributed by atoms with Gasteiger partial charge in [-0.05, 0) is 26.2 Å². The normalized spacial score (nSPS) is 21.4. The topological polar surface area (TPSA) is 67.6 Å². The van der Waals surface area contributed by atoms with Gasteiger partial charge in [-0.1, -0.05) is 13.8 Å². The van der Waals surface area contributed by atoms with Crippen molar-refractivity contribution in [2.24, 2.45) is 5.92 Å². The van der Waals surface area contributed by atoms with Crippen molar-refractivity contribution in [2.45, 2.75) is 59.2 Å². The summed E-state index contributed by atoms with van der Waals surface area (Å²) >= 11 is 0. The molecule has 1 amide bonds. The second-order valence-corrected chi connectivity index (χ2v) is 6.88. The summed E-state index contributed by atoms with van der Waals surface area (Å²) in [5.41, 5.74) is 2.99. The van der Waals surface area contributed by atoms with Crippen molar-refractivity contribution in [2.75, 3.05) is 20.3 Å². The number of nitrogens with zero attached hydrogens (tertiary/aromatic N) is 3. The van der Waals surface area contributed by atoms with Crippen LogP contribution in [-0.4, -0.2) is 58.1 Å². The zero-order chi connectivity index (χ0) is 17.1. The predicted molar refractivity (Wildman–Crippen MR) is 88.2 cm³/mol. The highest BCUT2D eigenvalue weighted by Crippen LogP contribution is 2.22. The molecule has 23 heavy (non-hydrogen) atoms. The van der Waals surface area contributed by atoms with Crippen molar-refractivity contribution in [1.29, 1.82) is 0 Å². The highest BCUT2D eigenvalue weighted by Gasteiger charge is 2.35. The maximum Gasteiger partial charge on any atom is 0.227 e. The van der Waals surface area contributed by atoms with Crippen LogP contribution >= 0.6 is 0 Å². The molecular formula is C17H29N3O3. The summed E-state index contributed by atoms with van der Waals surface area (Å²) in [6.07, 6.45) is 1.05. The molecule has 6 heteroatoms. The van der Waals surface area contributed by atoms with Crippen LogP contribution in [0.5, 0.6) is 0 Å². The van der Waals surface area contributed by atoms with E-state index < -0.39 is 0 Å². The largest absolute Gasteiger partial charge is 0.394 e. The van der Waals surface area contributed by atoms with E-state index in [0.29, 0.717) is 25.3 Å². The average Bonchev–Trinajstić information content (AvgIpc) is 3.03. The van der Waals surface area contributed by atoms with Gasteiger partial charge in [0.15, 0.2) is 0 Å². The van der Waals surface area contributed by atoms with E-state index in [-0.39, 0.29) is 24.7 Å². The Bertz CT molecular complexity index is 554. The van der Waals surface area contributed by atoms with Gasteiger partial charge in [0.25, 0.3) is 0 Å². The van der Waals surface area contributed by atoms with Crippen LogP contribution in [0.1, 0.15) is 37.2 Å². The molecule has 2 atom stereocenters. The van der Waals surface area contributed by atoms with E-state index in [2.05, 4.69) is 18.9 Å². The molecule has 0 spiro atoms. The van der Waals surface area contributed by atoms with E-state index in [1.165, 1.54) is 0 Å². The lowest BCUT2D eigenvalue weighted by Gasteiger charge is -2.22. The molecule has 6 nitrogen and oxygen atoms in total. The number of methoxy groups -OCH3 is 1. The number of aromatic nitrogens is 2. The predicted octanol–water partition coefficient (Wildman–Crippen LogP) is 1.31. The molecule has 0 aromatic carbocycles. The standard InChI is InChI=1S/C17H29N3O3/c1-11(2)8-20-13(4)16(12(3)18-20)7-17(22)19-9-15(23-5)6-14(19)10-21/h11,14-15,21H,6-10H2,1-5H3/t14-,15+/m0/s1. The zero-order valence-corrected chi connectivity index (χ0v) is 14.9. The van der Waals surface area contributed by atoms with E-state index >= 15 is 0 Å². The molecule has 0 bridgehead atoms. The minimum absolute atomic E-state index is 0.0157. The molecule has 1 aromatic rings. The number of amides is 1. The molecule has 1 saturated heterocycles. The molecule has 1 fully saturated rings. The van der Waals surface area contributed by atoms with E-state index in [9.17, 15) is 9.90 Å². The second kappa shape index (κ2) is 7.45. The Balaban J connectivity index is 2.12. The van der Waals surface area contributed by atoms with E-state index in [1.54, 1.807) is 12.0 Å². The lowest BCUT2D eigenvalue weighted by atomic mass is 10.1. The fraction of sp³-hybridized carbons (Fsp3) is 0.765. The van der Waals surface area contributed by atoms with Crippen LogP contribution < -0.4 is 0 Å². The SMILES string of the molecule is CO[C@@H]1C[C@@H](CO)N(C(=O)Cc2c(C)nn(CC(C)C)c2C)C1. The molecule has 1 aromatic heterocycles. The summed E-state index contributed by atoms with van der Waals surface area (Å²) in [4.78, 5) is 14.5. The lowest BCUT2D eigenvalue weighted by molar-refractivity contribution is -0.132. The lowest BCUT2D eigenvalue weighted by Crippen LogP contribution is -2.39. The Kier molecular flexibility index (Phi) is 5.81. The molecule has 0 radical (unpaired) electrons. The van der Waals surface area contributed by atoms with Crippen LogP contribution in [0.4, 0.5) is 0 Å². The monoisotopic (exact) mass is 323 g/mol. The maximum absolute atomic E-state index is 12.7. The van der Waals surface area contributed by atoms with Crippen molar-refractivity contribution in [3.63, 3.8) is 0 Å². The highest BCUT2D eigenvalue weighted by atomic mass is 16.5. The van der Waals surface area contributed by atoms with Gasteiger partial charge < -0.3 is 14.7 Å². The third-order valence-electron chi connectivity index (χ3n) is 4.64. The maximum atomic E-state index is 12.7. The first kappa shape index (κ1) is 17.9. The van der Waals surface area contributed by atoms with Gasteiger partial charge in [0.1, 0.15) is 0 Å². The number of carbonyl (C=O) groups excluding carboxylic acids is 1. The van der Waals surface area contributed by atoms with Crippen molar-refractivity contribution in [1.82, 2.24) is 14.7 Å². The van der Waals surface area contributed by atoms with Gasteiger partial charge in [0, 0.05) is 31.5 Å². The third-order valence-corrected chi connectivity index (χ3v) is 4.64. The number of hydrogen-bond donors (Lipinski definition) is 1. The summed E-state index contributed by atoms with van der Waals surface area (Å²) in [5.74, 6) is 0.551. The first-order valence-electron chi connectivity index (χ1n) is 8.33. The quantitative estimate of drug-likeness (QED) is 0.857. The number of likely N-dealkylation sites (tertiary alicyclic amines) is 1. The van der Waals surface area contributed by atoms with Gasteiger partial charge in [-0.25, -0.2) is 0 Å². The van der Waals surface area contributed by atoms with Crippen LogP contribution in [0.3, 0.4) is 0 Å². The summed E-state index contributed by atoms with van der Waals surface area (Å²) < 4.78 is 7.34. The Hall–Kier alpha value is -1.40. The molecule has 0 aliphatic carbocycles. The Morgan fingerprint density at radius 3 is 2.70 bits per heavy atom. The summed E-state index contributed by atoms with van der Waals surface area (Å²) in [6, 6.07) is -0.140. The smallest absolute Gasteiger partial charge is 0.227 e. The summed E-state index contributed by atoms with van der Waals surface area (Å²) in [5, 5.41) is 14.1. The Morgan fingerprint density at radius 1 is 1.43 bits per heavy atom. The first-order valence-corrected chi connectivity index (χ1v) is 8.33. The molecule has 130 valence electrons. The van der Waals surface area contributed by atoms with E-state index in [0.717, 1.165) is 23.5 Å². The Morgan fingerprint density at radius 2 is 2.13 bits per heavy atom. The van der Waals surface area contributed by atoms with Gasteiger partial charge in [0.2, 0.25) is 5.91 Å². The molecular weight excluding hydrogens is 294 g/mol.